The van der Waals surface area contributed by atoms with Crippen molar-refractivity contribution in [2.45, 2.75) is 0 Å². The molecule has 0 fully saturated rings. The van der Waals surface area contributed by atoms with Gasteiger partial charge >= 0.3 is 59.1 Å². The Kier molecular flexibility index (Phi) is 1170. The average molecular weight is 206 g/mol. The Morgan fingerprint density at radius 1 is 0.429 bits per heavy atom. The van der Waals surface area contributed by atoms with Crippen LogP contribution in [-0.2, 0) is 43.0 Å². The molecule has 0 saturated carbocycles. The second-order valence-electron chi connectivity index (χ2n) is 0. The van der Waals surface area contributed by atoms with Crippen LogP contribution in [0, 0.1) is 0 Å². The smallest absolute Gasteiger partial charge is 1.00 e. The molecule has 0 aromatic heterocycles. The van der Waals surface area contributed by atoms with Crippen LogP contribution in [0.3, 0.4) is 0 Å². The molecule has 0 rings (SSSR count). The molecule has 4 nitrogen and oxygen atoms in total. The fourth-order valence-corrected chi connectivity index (χ4v) is 0. The van der Waals surface area contributed by atoms with E-state index in [1.54, 1.807) is 0 Å². The zero-order valence-electron chi connectivity index (χ0n) is 4.04. The summed E-state index contributed by atoms with van der Waals surface area (Å²) in [6.45, 7) is 0. The van der Waals surface area contributed by atoms with Crippen LogP contribution in [0.4, 0.5) is 0 Å². The third kappa shape index (κ3) is 56.9. The maximum absolute atomic E-state index is 0. The van der Waals surface area contributed by atoms with Gasteiger partial charge in [0.05, 0.1) is 0 Å². The van der Waals surface area contributed by atoms with Crippen LogP contribution in [0.5, 0.6) is 0 Å². The van der Waals surface area contributed by atoms with Gasteiger partial charge < -0.3 is 21.9 Å². The van der Waals surface area contributed by atoms with E-state index in [4.69, 9.17) is 0 Å². The van der Waals surface area contributed by atoms with Crippen molar-refractivity contribution >= 4 is 0 Å². The molecule has 0 aliphatic carbocycles. The van der Waals surface area contributed by atoms with Crippen molar-refractivity contribution in [3.63, 3.8) is 0 Å². The predicted molar refractivity (Wildman–Crippen MR) is 2.75 cm³/mol. The van der Waals surface area contributed by atoms with Crippen molar-refractivity contribution in [2.75, 3.05) is 0 Å². The molecule has 0 saturated heterocycles. The molecule has 0 unspecified atom stereocenters. The standard InChI is InChI=1S/Mo.2Na.4O/q;2*+1;4*-2. The monoisotopic (exact) mass is 208 g/mol. The summed E-state index contributed by atoms with van der Waals surface area (Å²) in [7, 11) is 0. The van der Waals surface area contributed by atoms with Crippen molar-refractivity contribution in [3.05, 3.63) is 0 Å². The number of rotatable bonds is 0. The van der Waals surface area contributed by atoms with E-state index >= 15 is 0 Å². The summed E-state index contributed by atoms with van der Waals surface area (Å²) in [6.07, 6.45) is 0. The van der Waals surface area contributed by atoms with E-state index in [9.17, 15) is 0 Å². The molecule has 0 aromatic rings. The fourth-order valence-electron chi connectivity index (χ4n) is 0. The third-order valence-electron chi connectivity index (χ3n) is 0. The predicted octanol–water partition coefficient (Wildman–Crippen LogP) is -6.47. The number of hydrogen-bond acceptors (Lipinski definition) is 0. The van der Waals surface area contributed by atoms with Crippen LogP contribution in [0.2, 0.25) is 0 Å². The molecule has 0 aromatic carbocycles. The maximum Gasteiger partial charge on any atom is 1.00 e. The second-order valence-corrected chi connectivity index (χ2v) is 0. The fraction of sp³-hybridized carbons (Fsp3) is 0. The van der Waals surface area contributed by atoms with Crippen LogP contribution < -0.4 is 59.1 Å². The van der Waals surface area contributed by atoms with Gasteiger partial charge in [-0.3, -0.25) is 0 Å². The molecule has 0 aliphatic heterocycles. The van der Waals surface area contributed by atoms with Crippen molar-refractivity contribution in [1.29, 1.82) is 0 Å². The van der Waals surface area contributed by atoms with Crippen molar-refractivity contribution in [1.82, 2.24) is 0 Å². The molecule has 38 valence electrons. The van der Waals surface area contributed by atoms with Crippen LogP contribution in [0.25, 0.3) is 0 Å². The zero-order chi connectivity index (χ0) is 0. The molecular weight excluding hydrogens is 206 g/mol. The van der Waals surface area contributed by atoms with Crippen molar-refractivity contribution in [2.24, 2.45) is 0 Å². The average Bonchev–Trinajstić information content (AvgIpc) is 0. The summed E-state index contributed by atoms with van der Waals surface area (Å²) in [5.74, 6) is 0. The molecule has 0 aliphatic rings. The summed E-state index contributed by atoms with van der Waals surface area (Å²) in [6, 6.07) is 0. The SMILES string of the molecule is [Mo].[Na+].[Na+].[O-2].[O-2].[O-2].[O-2]. The minimum atomic E-state index is 0. The summed E-state index contributed by atoms with van der Waals surface area (Å²) in [4.78, 5) is 0. The van der Waals surface area contributed by atoms with Gasteiger partial charge in [0, 0.05) is 21.1 Å². The Balaban J connectivity index is 0. The van der Waals surface area contributed by atoms with Gasteiger partial charge in [0.2, 0.25) is 0 Å². The summed E-state index contributed by atoms with van der Waals surface area (Å²) in [5.41, 5.74) is 0. The van der Waals surface area contributed by atoms with Gasteiger partial charge in [0.25, 0.3) is 0 Å². The Labute approximate surface area is 101 Å². The zero-order valence-corrected chi connectivity index (χ0v) is 10.0. The molecule has 7 heteroatoms. The Hall–Kier alpha value is 2.53. The Morgan fingerprint density at radius 2 is 0.429 bits per heavy atom. The number of hydrogen-bond donors (Lipinski definition) is 0. The molecule has 0 amide bonds. The van der Waals surface area contributed by atoms with Crippen molar-refractivity contribution in [3.8, 4) is 0 Å². The maximum atomic E-state index is 0. The van der Waals surface area contributed by atoms with Crippen LogP contribution >= 0.6 is 0 Å². The topological polar surface area (TPSA) is 114 Å². The summed E-state index contributed by atoms with van der Waals surface area (Å²) >= 11 is 0. The molecule has 0 spiro atoms. The molecular formula is MoNa2O4-6. The van der Waals surface area contributed by atoms with Crippen molar-refractivity contribution < 1.29 is 102 Å². The molecule has 0 N–H and O–H groups in total. The first-order valence-corrected chi connectivity index (χ1v) is 0. The van der Waals surface area contributed by atoms with Crippen LogP contribution in [0.15, 0.2) is 0 Å². The van der Waals surface area contributed by atoms with Gasteiger partial charge in [-0.25, -0.2) is 0 Å². The third-order valence-corrected chi connectivity index (χ3v) is 0. The normalized spacial score (nSPS) is 0. The quantitative estimate of drug-likeness (QED) is 0.350. The van der Waals surface area contributed by atoms with E-state index in [2.05, 4.69) is 0 Å². The van der Waals surface area contributed by atoms with E-state index < -0.39 is 0 Å². The largest absolute Gasteiger partial charge is 2.00 e. The van der Waals surface area contributed by atoms with Crippen LogP contribution in [-0.4, -0.2) is 0 Å². The molecule has 0 heterocycles. The van der Waals surface area contributed by atoms with Gasteiger partial charge in [0.1, 0.15) is 0 Å². The van der Waals surface area contributed by atoms with Gasteiger partial charge in [-0.1, -0.05) is 0 Å². The summed E-state index contributed by atoms with van der Waals surface area (Å²) < 4.78 is 0. The second kappa shape index (κ2) is 75.6. The minimum Gasteiger partial charge on any atom is -2.00 e. The van der Waals surface area contributed by atoms with Gasteiger partial charge in [0.15, 0.2) is 0 Å². The molecule has 0 radical (unpaired) electrons. The molecule has 0 bridgehead atoms. The first-order chi connectivity index (χ1) is 0. The van der Waals surface area contributed by atoms with E-state index in [0.717, 1.165) is 0 Å². The van der Waals surface area contributed by atoms with E-state index in [1.807, 2.05) is 0 Å². The van der Waals surface area contributed by atoms with Gasteiger partial charge in [-0.2, -0.15) is 0 Å². The minimum absolute atomic E-state index is 0. The van der Waals surface area contributed by atoms with Crippen LogP contribution in [0.1, 0.15) is 0 Å². The molecule has 7 heavy (non-hydrogen) atoms. The van der Waals surface area contributed by atoms with E-state index in [1.165, 1.54) is 0 Å². The van der Waals surface area contributed by atoms with Gasteiger partial charge in [-0.05, 0) is 0 Å². The van der Waals surface area contributed by atoms with E-state index in [0.29, 0.717) is 0 Å². The Morgan fingerprint density at radius 3 is 0.429 bits per heavy atom. The first-order valence-electron chi connectivity index (χ1n) is 0. The van der Waals surface area contributed by atoms with E-state index in [-0.39, 0.29) is 102 Å². The van der Waals surface area contributed by atoms with Gasteiger partial charge in [-0.15, -0.1) is 0 Å². The summed E-state index contributed by atoms with van der Waals surface area (Å²) in [5, 5.41) is 0. The Bertz CT molecular complexity index is 9.65. The first kappa shape index (κ1) is 108. The molecule has 0 atom stereocenters.